The number of benzene rings is 1. The SMILES string of the molecule is O=C(O[C@H]1C=C[C@H](C[C@H]2COC3(CCCCC3)O2)OC1)c1ccccc1. The molecule has 2 fully saturated rings. The van der Waals surface area contributed by atoms with E-state index < -0.39 is 0 Å². The summed E-state index contributed by atoms with van der Waals surface area (Å²) in [5, 5.41) is 0. The van der Waals surface area contributed by atoms with Crippen molar-refractivity contribution in [2.45, 2.75) is 62.6 Å². The molecule has 0 bridgehead atoms. The Balaban J connectivity index is 1.25. The summed E-state index contributed by atoms with van der Waals surface area (Å²) in [6.45, 7) is 1.01. The predicted molar refractivity (Wildman–Crippen MR) is 95.8 cm³/mol. The lowest BCUT2D eigenvalue weighted by molar-refractivity contribution is -0.189. The smallest absolute Gasteiger partial charge is 0.338 e. The van der Waals surface area contributed by atoms with Crippen molar-refractivity contribution in [2.24, 2.45) is 0 Å². The van der Waals surface area contributed by atoms with Crippen LogP contribution in [0, 0.1) is 0 Å². The van der Waals surface area contributed by atoms with Crippen LogP contribution >= 0.6 is 0 Å². The van der Waals surface area contributed by atoms with Crippen molar-refractivity contribution in [2.75, 3.05) is 13.2 Å². The monoisotopic (exact) mass is 358 g/mol. The maximum atomic E-state index is 12.1. The number of rotatable bonds is 4. The fourth-order valence-corrected chi connectivity index (χ4v) is 3.92. The number of hydrogen-bond donors (Lipinski definition) is 0. The summed E-state index contributed by atoms with van der Waals surface area (Å²) < 4.78 is 23.6. The van der Waals surface area contributed by atoms with Gasteiger partial charge in [-0.15, -0.1) is 0 Å². The van der Waals surface area contributed by atoms with E-state index in [1.54, 1.807) is 12.1 Å². The summed E-state index contributed by atoms with van der Waals surface area (Å²) >= 11 is 0. The molecule has 5 heteroatoms. The number of hydrogen-bond acceptors (Lipinski definition) is 5. The van der Waals surface area contributed by atoms with Crippen molar-refractivity contribution in [3.63, 3.8) is 0 Å². The zero-order valence-corrected chi connectivity index (χ0v) is 15.0. The topological polar surface area (TPSA) is 54.0 Å². The predicted octanol–water partition coefficient (Wildman–Crippen LogP) is 3.63. The highest BCUT2D eigenvalue weighted by Crippen LogP contribution is 2.39. The van der Waals surface area contributed by atoms with Crippen molar-refractivity contribution >= 4 is 5.97 Å². The second-order valence-electron chi connectivity index (χ2n) is 7.32. The highest BCUT2D eigenvalue weighted by Gasteiger charge is 2.42. The van der Waals surface area contributed by atoms with Crippen LogP contribution in [0.15, 0.2) is 42.5 Å². The molecule has 140 valence electrons. The molecule has 26 heavy (non-hydrogen) atoms. The van der Waals surface area contributed by atoms with Crippen LogP contribution in [0.5, 0.6) is 0 Å². The zero-order valence-electron chi connectivity index (χ0n) is 15.0. The van der Waals surface area contributed by atoms with Crippen LogP contribution in [0.2, 0.25) is 0 Å². The standard InChI is InChI=1S/C21H26O5/c22-20(16-7-3-1-4-8-16)25-18-10-9-17(23-14-18)13-19-15-24-21(26-19)11-5-2-6-12-21/h1,3-4,7-10,17-19H,2,5-6,11-15H2/t17-,18+,19+/m1/s1. The Morgan fingerprint density at radius 2 is 1.88 bits per heavy atom. The molecule has 0 amide bonds. The molecule has 1 aliphatic carbocycles. The van der Waals surface area contributed by atoms with Crippen LogP contribution in [0.4, 0.5) is 0 Å². The van der Waals surface area contributed by atoms with Gasteiger partial charge in [-0.3, -0.25) is 0 Å². The largest absolute Gasteiger partial charge is 0.452 e. The first-order valence-corrected chi connectivity index (χ1v) is 9.60. The zero-order chi connectivity index (χ0) is 17.8. The minimum atomic E-state index is -0.343. The third-order valence-electron chi connectivity index (χ3n) is 5.31. The molecule has 1 aromatic rings. The van der Waals surface area contributed by atoms with Gasteiger partial charge in [0.1, 0.15) is 6.10 Å². The normalized spacial score (nSPS) is 30.4. The molecule has 2 aliphatic heterocycles. The van der Waals surface area contributed by atoms with E-state index in [9.17, 15) is 4.79 Å². The Kier molecular flexibility index (Phi) is 5.38. The van der Waals surface area contributed by atoms with Crippen molar-refractivity contribution in [3.05, 3.63) is 48.0 Å². The molecule has 0 N–H and O–H groups in total. The van der Waals surface area contributed by atoms with E-state index >= 15 is 0 Å². The average Bonchev–Trinajstić information content (AvgIpc) is 3.06. The Labute approximate surface area is 154 Å². The first-order valence-electron chi connectivity index (χ1n) is 9.60. The molecule has 2 heterocycles. The highest BCUT2D eigenvalue weighted by atomic mass is 16.7. The lowest BCUT2D eigenvalue weighted by Crippen LogP contribution is -2.34. The molecular formula is C21H26O5. The van der Waals surface area contributed by atoms with Crippen molar-refractivity contribution in [1.82, 2.24) is 0 Å². The third-order valence-corrected chi connectivity index (χ3v) is 5.31. The molecule has 1 saturated carbocycles. The second-order valence-corrected chi connectivity index (χ2v) is 7.32. The summed E-state index contributed by atoms with van der Waals surface area (Å²) in [5.74, 6) is -0.663. The van der Waals surface area contributed by atoms with Gasteiger partial charge in [0.25, 0.3) is 0 Å². The van der Waals surface area contributed by atoms with Crippen LogP contribution in [0.25, 0.3) is 0 Å². The molecule has 0 aromatic heterocycles. The highest BCUT2D eigenvalue weighted by molar-refractivity contribution is 5.89. The van der Waals surface area contributed by atoms with Gasteiger partial charge in [-0.05, 0) is 31.1 Å². The lowest BCUT2D eigenvalue weighted by atomic mass is 9.94. The first-order chi connectivity index (χ1) is 12.7. The number of esters is 1. The number of ether oxygens (including phenoxy) is 4. The molecular weight excluding hydrogens is 332 g/mol. The van der Waals surface area contributed by atoms with Gasteiger partial charge >= 0.3 is 5.97 Å². The number of carbonyl (C=O) groups excluding carboxylic acids is 1. The molecule has 1 spiro atoms. The Morgan fingerprint density at radius 1 is 1.08 bits per heavy atom. The Hall–Kier alpha value is -1.69. The quantitative estimate of drug-likeness (QED) is 0.608. The van der Waals surface area contributed by atoms with E-state index in [-0.39, 0.29) is 30.1 Å². The van der Waals surface area contributed by atoms with Crippen LogP contribution in [0.3, 0.4) is 0 Å². The van der Waals surface area contributed by atoms with Gasteiger partial charge in [-0.2, -0.15) is 0 Å². The Bertz CT molecular complexity index is 635. The van der Waals surface area contributed by atoms with Gasteiger partial charge in [-0.25, -0.2) is 4.79 Å². The van der Waals surface area contributed by atoms with Gasteiger partial charge < -0.3 is 18.9 Å². The van der Waals surface area contributed by atoms with Gasteiger partial charge in [0, 0.05) is 19.3 Å². The summed E-state index contributed by atoms with van der Waals surface area (Å²) in [6, 6.07) is 9.01. The minimum Gasteiger partial charge on any atom is -0.452 e. The second kappa shape index (κ2) is 7.91. The van der Waals surface area contributed by atoms with Crippen LogP contribution in [-0.4, -0.2) is 43.3 Å². The van der Waals surface area contributed by atoms with Gasteiger partial charge in [0.05, 0.1) is 31.0 Å². The molecule has 1 saturated heterocycles. The number of carbonyl (C=O) groups is 1. The van der Waals surface area contributed by atoms with Crippen LogP contribution in [0.1, 0.15) is 48.9 Å². The molecule has 3 aliphatic rings. The fourth-order valence-electron chi connectivity index (χ4n) is 3.92. The van der Waals surface area contributed by atoms with E-state index in [0.717, 1.165) is 19.3 Å². The van der Waals surface area contributed by atoms with Crippen LogP contribution < -0.4 is 0 Å². The van der Waals surface area contributed by atoms with E-state index in [1.807, 2.05) is 30.4 Å². The third kappa shape index (κ3) is 4.17. The van der Waals surface area contributed by atoms with E-state index in [4.69, 9.17) is 18.9 Å². The maximum absolute atomic E-state index is 12.1. The van der Waals surface area contributed by atoms with Gasteiger partial charge in [-0.1, -0.05) is 30.7 Å². The molecule has 0 unspecified atom stereocenters. The lowest BCUT2D eigenvalue weighted by Gasteiger charge is -2.32. The van der Waals surface area contributed by atoms with Crippen LogP contribution in [-0.2, 0) is 18.9 Å². The first kappa shape index (κ1) is 17.7. The molecule has 0 radical (unpaired) electrons. The average molecular weight is 358 g/mol. The fraction of sp³-hybridized carbons (Fsp3) is 0.571. The van der Waals surface area contributed by atoms with Gasteiger partial charge in [0.2, 0.25) is 0 Å². The van der Waals surface area contributed by atoms with Gasteiger partial charge in [0.15, 0.2) is 5.79 Å². The maximum Gasteiger partial charge on any atom is 0.338 e. The Morgan fingerprint density at radius 3 is 2.62 bits per heavy atom. The molecule has 3 atom stereocenters. The minimum absolute atomic E-state index is 0.0194. The van der Waals surface area contributed by atoms with Crippen molar-refractivity contribution in [1.29, 1.82) is 0 Å². The van der Waals surface area contributed by atoms with E-state index in [1.165, 1.54) is 19.3 Å². The van der Waals surface area contributed by atoms with Crippen molar-refractivity contribution < 1.29 is 23.7 Å². The summed E-state index contributed by atoms with van der Waals surface area (Å²) in [5.41, 5.74) is 0.553. The van der Waals surface area contributed by atoms with E-state index in [0.29, 0.717) is 18.8 Å². The molecule has 1 aromatic carbocycles. The summed E-state index contributed by atoms with van der Waals surface area (Å²) in [6.07, 6.45) is 10.0. The van der Waals surface area contributed by atoms with E-state index in [2.05, 4.69) is 0 Å². The van der Waals surface area contributed by atoms with Crippen molar-refractivity contribution in [3.8, 4) is 0 Å². The summed E-state index contributed by atoms with van der Waals surface area (Å²) in [4.78, 5) is 12.1. The summed E-state index contributed by atoms with van der Waals surface area (Å²) in [7, 11) is 0. The molecule has 5 nitrogen and oxygen atoms in total. The molecule has 4 rings (SSSR count).